The third-order valence-electron chi connectivity index (χ3n) is 3.37. The Labute approximate surface area is 129 Å². The van der Waals surface area contributed by atoms with Gasteiger partial charge in [-0.3, -0.25) is 4.79 Å². The molecule has 6 heteroatoms. The molecule has 1 aromatic heterocycles. The SMILES string of the molecule is CC(=CC=CC=CC(O)c1cnco1)C(O)C(C)(C)C(N)=O. The third kappa shape index (κ3) is 4.68. The Morgan fingerprint density at radius 2 is 2.05 bits per heavy atom. The molecule has 0 saturated carbocycles. The van der Waals surface area contributed by atoms with Gasteiger partial charge in [-0.2, -0.15) is 0 Å². The molecule has 0 bridgehead atoms. The molecule has 0 aliphatic carbocycles. The Morgan fingerprint density at radius 3 is 2.59 bits per heavy atom. The van der Waals surface area contributed by atoms with Gasteiger partial charge in [0.25, 0.3) is 0 Å². The van der Waals surface area contributed by atoms with Crippen molar-refractivity contribution < 1.29 is 19.4 Å². The molecule has 2 atom stereocenters. The molecule has 1 rings (SSSR count). The number of aliphatic hydroxyl groups excluding tert-OH is 2. The minimum Gasteiger partial charge on any atom is -0.445 e. The van der Waals surface area contributed by atoms with Gasteiger partial charge in [0.2, 0.25) is 5.91 Å². The molecule has 0 spiro atoms. The van der Waals surface area contributed by atoms with Gasteiger partial charge in [-0.05, 0) is 32.4 Å². The summed E-state index contributed by atoms with van der Waals surface area (Å²) < 4.78 is 4.96. The van der Waals surface area contributed by atoms with Crippen LogP contribution in [0.3, 0.4) is 0 Å². The second-order valence-corrected chi connectivity index (χ2v) is 5.52. The smallest absolute Gasteiger partial charge is 0.226 e. The van der Waals surface area contributed by atoms with Crippen molar-refractivity contribution in [1.29, 1.82) is 0 Å². The van der Waals surface area contributed by atoms with E-state index in [0.29, 0.717) is 11.3 Å². The Hall–Kier alpha value is -2.18. The first-order valence-corrected chi connectivity index (χ1v) is 6.83. The van der Waals surface area contributed by atoms with Crippen molar-refractivity contribution in [1.82, 2.24) is 4.98 Å². The van der Waals surface area contributed by atoms with Gasteiger partial charge in [-0.15, -0.1) is 0 Å². The van der Waals surface area contributed by atoms with Crippen LogP contribution in [0.1, 0.15) is 32.6 Å². The predicted octanol–water partition coefficient (Wildman–Crippen LogP) is 1.64. The van der Waals surface area contributed by atoms with Gasteiger partial charge in [0.05, 0.1) is 17.7 Å². The number of nitrogens with zero attached hydrogens (tertiary/aromatic N) is 1. The van der Waals surface area contributed by atoms with E-state index < -0.39 is 23.5 Å². The molecule has 22 heavy (non-hydrogen) atoms. The molecule has 1 amide bonds. The van der Waals surface area contributed by atoms with Crippen molar-refractivity contribution in [2.45, 2.75) is 33.0 Å². The maximum atomic E-state index is 11.3. The summed E-state index contributed by atoms with van der Waals surface area (Å²) in [5, 5.41) is 19.8. The quantitative estimate of drug-likeness (QED) is 0.663. The summed E-state index contributed by atoms with van der Waals surface area (Å²) in [6.07, 6.45) is 9.09. The first-order chi connectivity index (χ1) is 10.3. The zero-order valence-electron chi connectivity index (χ0n) is 12.9. The first kappa shape index (κ1) is 17.9. The van der Waals surface area contributed by atoms with Gasteiger partial charge in [0.15, 0.2) is 12.2 Å². The van der Waals surface area contributed by atoms with Crippen molar-refractivity contribution in [3.63, 3.8) is 0 Å². The fourth-order valence-corrected chi connectivity index (χ4v) is 1.70. The molecule has 0 aromatic carbocycles. The highest BCUT2D eigenvalue weighted by Crippen LogP contribution is 2.25. The molecule has 0 aliphatic heterocycles. The largest absolute Gasteiger partial charge is 0.445 e. The number of oxazole rings is 1. The van der Waals surface area contributed by atoms with Crippen LogP contribution in [0.2, 0.25) is 0 Å². The zero-order valence-corrected chi connectivity index (χ0v) is 12.9. The van der Waals surface area contributed by atoms with Crippen LogP contribution in [0.15, 0.2) is 53.0 Å². The molecular weight excluding hydrogens is 284 g/mol. The van der Waals surface area contributed by atoms with Crippen molar-refractivity contribution in [2.24, 2.45) is 11.1 Å². The molecule has 1 heterocycles. The summed E-state index contributed by atoms with van der Waals surface area (Å²) in [6, 6.07) is 0. The van der Waals surface area contributed by atoms with Crippen LogP contribution in [-0.4, -0.2) is 27.2 Å². The lowest BCUT2D eigenvalue weighted by Gasteiger charge is -2.27. The van der Waals surface area contributed by atoms with Gasteiger partial charge in [0.1, 0.15) is 6.10 Å². The summed E-state index contributed by atoms with van der Waals surface area (Å²) in [5.74, 6) is -0.207. The Morgan fingerprint density at radius 1 is 1.36 bits per heavy atom. The van der Waals surface area contributed by atoms with Crippen LogP contribution in [0.5, 0.6) is 0 Å². The lowest BCUT2D eigenvalue weighted by Crippen LogP contribution is -2.42. The van der Waals surface area contributed by atoms with E-state index in [9.17, 15) is 15.0 Å². The number of hydrogen-bond acceptors (Lipinski definition) is 5. The second-order valence-electron chi connectivity index (χ2n) is 5.52. The maximum Gasteiger partial charge on any atom is 0.226 e. The molecular formula is C16H22N2O4. The lowest BCUT2D eigenvalue weighted by molar-refractivity contribution is -0.130. The van der Waals surface area contributed by atoms with Crippen LogP contribution < -0.4 is 5.73 Å². The highest BCUT2D eigenvalue weighted by atomic mass is 16.4. The van der Waals surface area contributed by atoms with E-state index in [4.69, 9.17) is 10.2 Å². The topological polar surface area (TPSA) is 110 Å². The number of rotatable bonds is 7. The average Bonchev–Trinajstić information content (AvgIpc) is 2.99. The van der Waals surface area contributed by atoms with Crippen LogP contribution in [0.4, 0.5) is 0 Å². The van der Waals surface area contributed by atoms with Crippen LogP contribution in [0, 0.1) is 5.41 Å². The normalized spacial score (nSPS) is 16.3. The van der Waals surface area contributed by atoms with Crippen molar-refractivity contribution in [3.8, 4) is 0 Å². The average molecular weight is 306 g/mol. The molecule has 0 fully saturated rings. The summed E-state index contributed by atoms with van der Waals surface area (Å²) >= 11 is 0. The Bertz CT molecular complexity index is 571. The van der Waals surface area contributed by atoms with E-state index in [1.165, 1.54) is 18.7 Å². The van der Waals surface area contributed by atoms with Gasteiger partial charge in [0, 0.05) is 0 Å². The fourth-order valence-electron chi connectivity index (χ4n) is 1.70. The van der Waals surface area contributed by atoms with Gasteiger partial charge in [-0.25, -0.2) is 4.98 Å². The molecule has 0 saturated heterocycles. The van der Waals surface area contributed by atoms with Gasteiger partial charge < -0.3 is 20.4 Å². The molecule has 2 unspecified atom stereocenters. The standard InChI is InChI=1S/C16H22N2O4/c1-11(14(20)16(2,3)15(17)21)7-5-4-6-8-12(19)13-9-18-10-22-13/h4-10,12,14,19-20H,1-3H3,(H2,17,21). The van der Waals surface area contributed by atoms with Crippen LogP contribution >= 0.6 is 0 Å². The lowest BCUT2D eigenvalue weighted by atomic mass is 9.82. The summed E-state index contributed by atoms with van der Waals surface area (Å²) in [7, 11) is 0. The van der Waals surface area contributed by atoms with Gasteiger partial charge in [-0.1, -0.05) is 24.3 Å². The molecule has 4 N–H and O–H groups in total. The van der Waals surface area contributed by atoms with E-state index in [2.05, 4.69) is 4.98 Å². The zero-order chi connectivity index (χ0) is 16.8. The van der Waals surface area contributed by atoms with E-state index >= 15 is 0 Å². The molecule has 0 radical (unpaired) electrons. The first-order valence-electron chi connectivity index (χ1n) is 6.83. The molecule has 0 aliphatic rings. The molecule has 120 valence electrons. The number of amides is 1. The summed E-state index contributed by atoms with van der Waals surface area (Å²) in [4.78, 5) is 15.0. The summed E-state index contributed by atoms with van der Waals surface area (Å²) in [5.41, 5.74) is 4.85. The number of hydrogen-bond donors (Lipinski definition) is 3. The van der Waals surface area contributed by atoms with Crippen molar-refractivity contribution in [2.75, 3.05) is 0 Å². The van der Waals surface area contributed by atoms with E-state index in [0.717, 1.165) is 0 Å². The van der Waals surface area contributed by atoms with Crippen molar-refractivity contribution >= 4 is 5.91 Å². The van der Waals surface area contributed by atoms with E-state index in [1.54, 1.807) is 45.1 Å². The minimum atomic E-state index is -1.03. The fraction of sp³-hybridized carbons (Fsp3) is 0.375. The highest BCUT2D eigenvalue weighted by molar-refractivity contribution is 5.81. The number of aliphatic hydroxyl groups is 2. The van der Waals surface area contributed by atoms with E-state index in [-0.39, 0.29) is 0 Å². The number of carbonyl (C=O) groups excluding carboxylic acids is 1. The highest BCUT2D eigenvalue weighted by Gasteiger charge is 2.34. The maximum absolute atomic E-state index is 11.3. The minimum absolute atomic E-state index is 0.356. The number of nitrogens with two attached hydrogens (primary N) is 1. The number of primary amides is 1. The number of aromatic nitrogens is 1. The Kier molecular flexibility index (Phi) is 6.27. The number of allylic oxidation sites excluding steroid dienone is 4. The number of carbonyl (C=O) groups is 1. The van der Waals surface area contributed by atoms with Gasteiger partial charge >= 0.3 is 0 Å². The van der Waals surface area contributed by atoms with Crippen LogP contribution in [-0.2, 0) is 4.79 Å². The second kappa shape index (κ2) is 7.72. The molecule has 1 aromatic rings. The summed E-state index contributed by atoms with van der Waals surface area (Å²) in [6.45, 7) is 4.90. The van der Waals surface area contributed by atoms with Crippen molar-refractivity contribution in [3.05, 3.63) is 54.3 Å². The third-order valence-corrected chi connectivity index (χ3v) is 3.37. The predicted molar refractivity (Wildman–Crippen MR) is 82.5 cm³/mol. The Balaban J connectivity index is 2.61. The molecule has 6 nitrogen and oxygen atoms in total. The van der Waals surface area contributed by atoms with Crippen LogP contribution in [0.25, 0.3) is 0 Å². The monoisotopic (exact) mass is 306 g/mol. The van der Waals surface area contributed by atoms with E-state index in [1.807, 2.05) is 0 Å².